The monoisotopic (exact) mass is 279 g/mol. The second kappa shape index (κ2) is 6.44. The number of nitro benzene ring substituents is 1. The van der Waals surface area contributed by atoms with E-state index in [0.29, 0.717) is 19.7 Å². The molecule has 20 heavy (non-hydrogen) atoms. The zero-order chi connectivity index (χ0) is 14.5. The maximum Gasteiger partial charge on any atom is 0.269 e. The van der Waals surface area contributed by atoms with E-state index in [4.69, 9.17) is 4.74 Å². The van der Waals surface area contributed by atoms with Crippen LogP contribution in [0.3, 0.4) is 0 Å². The number of rotatable bonds is 4. The first kappa shape index (κ1) is 14.4. The van der Waals surface area contributed by atoms with Crippen molar-refractivity contribution in [2.45, 2.75) is 25.6 Å². The topological polar surface area (TPSA) is 93.5 Å². The fourth-order valence-corrected chi connectivity index (χ4v) is 2.06. The van der Waals surface area contributed by atoms with Crippen molar-refractivity contribution in [2.24, 2.45) is 0 Å². The largest absolute Gasteiger partial charge is 0.375 e. The standard InChI is InChI=1S/C13H17N3O4/c1-9-12(14-6-7-20-9)13(17)15-8-10-2-4-11(5-3-10)16(18)19/h2-5,9,12,14H,6-8H2,1H3,(H,15,17)/t9-,12+/m1/s1. The molecule has 1 aromatic rings. The van der Waals surface area contributed by atoms with E-state index in [1.165, 1.54) is 12.1 Å². The number of carbonyl (C=O) groups excluding carboxylic acids is 1. The maximum absolute atomic E-state index is 12.0. The van der Waals surface area contributed by atoms with Crippen LogP contribution in [0.4, 0.5) is 5.69 Å². The van der Waals surface area contributed by atoms with Crippen LogP contribution in [0.15, 0.2) is 24.3 Å². The Balaban J connectivity index is 1.88. The molecule has 2 atom stereocenters. The Morgan fingerprint density at radius 3 is 2.80 bits per heavy atom. The summed E-state index contributed by atoms with van der Waals surface area (Å²) < 4.78 is 5.41. The van der Waals surface area contributed by atoms with E-state index in [1.807, 2.05) is 6.92 Å². The first-order valence-corrected chi connectivity index (χ1v) is 6.44. The molecule has 0 radical (unpaired) electrons. The Morgan fingerprint density at radius 1 is 1.50 bits per heavy atom. The fraction of sp³-hybridized carbons (Fsp3) is 0.462. The quantitative estimate of drug-likeness (QED) is 0.621. The third-order valence-electron chi connectivity index (χ3n) is 3.21. The van der Waals surface area contributed by atoms with Crippen molar-refractivity contribution in [1.29, 1.82) is 0 Å². The summed E-state index contributed by atoms with van der Waals surface area (Å²) in [4.78, 5) is 22.1. The van der Waals surface area contributed by atoms with Crippen molar-refractivity contribution in [3.05, 3.63) is 39.9 Å². The zero-order valence-electron chi connectivity index (χ0n) is 11.2. The smallest absolute Gasteiger partial charge is 0.269 e. The molecule has 2 N–H and O–H groups in total. The molecular weight excluding hydrogens is 262 g/mol. The van der Waals surface area contributed by atoms with Crippen LogP contribution in [0.2, 0.25) is 0 Å². The highest BCUT2D eigenvalue weighted by atomic mass is 16.6. The Bertz CT molecular complexity index is 489. The van der Waals surface area contributed by atoms with Crippen molar-refractivity contribution < 1.29 is 14.5 Å². The molecule has 0 saturated carbocycles. The summed E-state index contributed by atoms with van der Waals surface area (Å²) in [6.07, 6.45) is -0.166. The van der Waals surface area contributed by atoms with Gasteiger partial charge in [0.05, 0.1) is 17.6 Å². The van der Waals surface area contributed by atoms with Crippen LogP contribution in [-0.4, -0.2) is 36.1 Å². The van der Waals surface area contributed by atoms with E-state index in [9.17, 15) is 14.9 Å². The van der Waals surface area contributed by atoms with Gasteiger partial charge in [-0.05, 0) is 12.5 Å². The first-order chi connectivity index (χ1) is 9.58. The Kier molecular flexibility index (Phi) is 4.65. The Hall–Kier alpha value is -1.99. The van der Waals surface area contributed by atoms with Crippen LogP contribution in [0.25, 0.3) is 0 Å². The SMILES string of the molecule is C[C@H]1OCCN[C@@H]1C(=O)NCc1ccc([N+](=O)[O-])cc1. The minimum Gasteiger partial charge on any atom is -0.375 e. The minimum atomic E-state index is -0.451. The van der Waals surface area contributed by atoms with Crippen molar-refractivity contribution in [2.75, 3.05) is 13.2 Å². The van der Waals surface area contributed by atoms with Gasteiger partial charge in [0.2, 0.25) is 5.91 Å². The number of ether oxygens (including phenoxy) is 1. The molecule has 1 fully saturated rings. The van der Waals surface area contributed by atoms with Crippen molar-refractivity contribution in [1.82, 2.24) is 10.6 Å². The second-order valence-electron chi connectivity index (χ2n) is 4.65. The molecule has 7 nitrogen and oxygen atoms in total. The molecule has 1 heterocycles. The summed E-state index contributed by atoms with van der Waals surface area (Å²) in [5.41, 5.74) is 0.851. The molecule has 1 aliphatic rings. The Labute approximate surface area is 116 Å². The molecule has 0 unspecified atom stereocenters. The number of benzene rings is 1. The zero-order valence-corrected chi connectivity index (χ0v) is 11.2. The van der Waals surface area contributed by atoms with Gasteiger partial charge in [-0.15, -0.1) is 0 Å². The van der Waals surface area contributed by atoms with Crippen molar-refractivity contribution in [3.63, 3.8) is 0 Å². The van der Waals surface area contributed by atoms with Gasteiger partial charge in [0.1, 0.15) is 6.04 Å². The van der Waals surface area contributed by atoms with E-state index in [2.05, 4.69) is 10.6 Å². The number of morpholine rings is 1. The highest BCUT2D eigenvalue weighted by Gasteiger charge is 2.27. The summed E-state index contributed by atoms with van der Waals surface area (Å²) >= 11 is 0. The van der Waals surface area contributed by atoms with Gasteiger partial charge in [-0.2, -0.15) is 0 Å². The lowest BCUT2D eigenvalue weighted by atomic mass is 10.1. The number of nitrogens with one attached hydrogen (secondary N) is 2. The molecule has 1 saturated heterocycles. The van der Waals surface area contributed by atoms with E-state index in [0.717, 1.165) is 5.56 Å². The molecule has 0 bridgehead atoms. The third-order valence-corrected chi connectivity index (χ3v) is 3.21. The van der Waals surface area contributed by atoms with Crippen LogP contribution >= 0.6 is 0 Å². The molecule has 1 aliphatic heterocycles. The molecule has 0 aliphatic carbocycles. The number of hydrogen-bond acceptors (Lipinski definition) is 5. The molecule has 1 aromatic carbocycles. The van der Waals surface area contributed by atoms with E-state index >= 15 is 0 Å². The molecule has 1 amide bonds. The van der Waals surface area contributed by atoms with E-state index in [-0.39, 0.29) is 23.7 Å². The minimum absolute atomic E-state index is 0.0380. The van der Waals surface area contributed by atoms with Gasteiger partial charge < -0.3 is 15.4 Å². The second-order valence-corrected chi connectivity index (χ2v) is 4.65. The average Bonchev–Trinajstić information content (AvgIpc) is 2.45. The summed E-state index contributed by atoms with van der Waals surface area (Å²) in [5, 5.41) is 16.4. The van der Waals surface area contributed by atoms with Crippen molar-refractivity contribution in [3.8, 4) is 0 Å². The van der Waals surface area contributed by atoms with Crippen LogP contribution < -0.4 is 10.6 Å². The molecular formula is C13H17N3O4. The highest BCUT2D eigenvalue weighted by Crippen LogP contribution is 2.12. The predicted octanol–water partition coefficient (Wildman–Crippen LogP) is 0.588. The lowest BCUT2D eigenvalue weighted by molar-refractivity contribution is -0.384. The van der Waals surface area contributed by atoms with Gasteiger partial charge in [-0.3, -0.25) is 14.9 Å². The number of hydrogen-bond donors (Lipinski definition) is 2. The van der Waals surface area contributed by atoms with Crippen LogP contribution in [0.1, 0.15) is 12.5 Å². The van der Waals surface area contributed by atoms with Crippen LogP contribution in [-0.2, 0) is 16.1 Å². The van der Waals surface area contributed by atoms with Gasteiger partial charge in [0, 0.05) is 25.2 Å². The number of non-ortho nitro benzene ring substituents is 1. The van der Waals surface area contributed by atoms with Crippen molar-refractivity contribution >= 4 is 11.6 Å². The number of amides is 1. The highest BCUT2D eigenvalue weighted by molar-refractivity contribution is 5.82. The molecule has 2 rings (SSSR count). The van der Waals surface area contributed by atoms with Gasteiger partial charge >= 0.3 is 0 Å². The van der Waals surface area contributed by atoms with Gasteiger partial charge in [-0.25, -0.2) is 0 Å². The lowest BCUT2D eigenvalue weighted by Gasteiger charge is -2.29. The van der Waals surface area contributed by atoms with Gasteiger partial charge in [0.25, 0.3) is 5.69 Å². The molecule has 0 spiro atoms. The summed E-state index contributed by atoms with van der Waals surface area (Å²) in [7, 11) is 0. The Morgan fingerprint density at radius 2 is 2.20 bits per heavy atom. The normalized spacial score (nSPS) is 22.2. The lowest BCUT2D eigenvalue weighted by Crippen LogP contribution is -2.55. The van der Waals surface area contributed by atoms with Crippen LogP contribution in [0, 0.1) is 10.1 Å². The van der Waals surface area contributed by atoms with Gasteiger partial charge in [0.15, 0.2) is 0 Å². The van der Waals surface area contributed by atoms with Crippen LogP contribution in [0.5, 0.6) is 0 Å². The first-order valence-electron chi connectivity index (χ1n) is 6.44. The van der Waals surface area contributed by atoms with Gasteiger partial charge in [-0.1, -0.05) is 12.1 Å². The average molecular weight is 279 g/mol. The maximum atomic E-state index is 12.0. The molecule has 108 valence electrons. The number of carbonyl (C=O) groups is 1. The summed E-state index contributed by atoms with van der Waals surface area (Å²) in [6.45, 7) is 3.44. The summed E-state index contributed by atoms with van der Waals surface area (Å²) in [5.74, 6) is -0.129. The number of nitrogens with zero attached hydrogens (tertiary/aromatic N) is 1. The third kappa shape index (κ3) is 3.52. The predicted molar refractivity (Wildman–Crippen MR) is 72.1 cm³/mol. The fourth-order valence-electron chi connectivity index (χ4n) is 2.06. The molecule has 7 heteroatoms. The summed E-state index contributed by atoms with van der Waals surface area (Å²) in [6, 6.07) is 5.75. The number of nitro groups is 1. The van der Waals surface area contributed by atoms with E-state index in [1.54, 1.807) is 12.1 Å². The molecule has 0 aromatic heterocycles. The van der Waals surface area contributed by atoms with E-state index < -0.39 is 4.92 Å².